The van der Waals surface area contributed by atoms with Crippen LogP contribution in [0.25, 0.3) is 0 Å². The maximum Gasteiger partial charge on any atom is 0.261 e. The van der Waals surface area contributed by atoms with Crippen molar-refractivity contribution in [2.24, 2.45) is 0 Å². The molecule has 2 aromatic rings. The maximum atomic E-state index is 13.1. The molecule has 2 rings (SSSR count). The van der Waals surface area contributed by atoms with Crippen molar-refractivity contribution in [1.82, 2.24) is 10.2 Å². The molecule has 0 radical (unpaired) electrons. The smallest absolute Gasteiger partial charge is 0.261 e. The first kappa shape index (κ1) is 25.0. The van der Waals surface area contributed by atoms with Gasteiger partial charge in [0.2, 0.25) is 5.91 Å². The van der Waals surface area contributed by atoms with Crippen LogP contribution >= 0.6 is 0 Å². The minimum absolute atomic E-state index is 0.178. The standard InChI is InChI=1S/C25H34N2O5/c1-6-7-11-26-25(29)19(3)27(16-20-10-8-9-18(2)12-20)24(28)17-32-23-14-21(30-4)13-22(15-23)31-5/h8-10,12-15,19H,6-7,11,16-17H2,1-5H3,(H,26,29). The summed E-state index contributed by atoms with van der Waals surface area (Å²) in [7, 11) is 3.10. The highest BCUT2D eigenvalue weighted by Crippen LogP contribution is 2.27. The molecular formula is C25H34N2O5. The van der Waals surface area contributed by atoms with E-state index in [9.17, 15) is 9.59 Å². The van der Waals surface area contributed by atoms with Crippen molar-refractivity contribution in [3.63, 3.8) is 0 Å². The molecule has 0 saturated carbocycles. The highest BCUT2D eigenvalue weighted by molar-refractivity contribution is 5.88. The Morgan fingerprint density at radius 2 is 1.69 bits per heavy atom. The Morgan fingerprint density at radius 1 is 1.03 bits per heavy atom. The van der Waals surface area contributed by atoms with Crippen LogP contribution in [-0.4, -0.2) is 50.1 Å². The summed E-state index contributed by atoms with van der Waals surface area (Å²) in [5.74, 6) is 1.11. The SMILES string of the molecule is CCCCNC(=O)C(C)N(Cc1cccc(C)c1)C(=O)COc1cc(OC)cc(OC)c1. The molecule has 1 unspecified atom stereocenters. The number of unbranched alkanes of at least 4 members (excludes halogenated alkanes) is 1. The zero-order valence-corrected chi connectivity index (χ0v) is 19.6. The van der Waals surface area contributed by atoms with E-state index in [1.807, 2.05) is 31.2 Å². The Hall–Kier alpha value is -3.22. The fourth-order valence-electron chi connectivity index (χ4n) is 3.22. The van der Waals surface area contributed by atoms with Gasteiger partial charge in [0.25, 0.3) is 5.91 Å². The summed E-state index contributed by atoms with van der Waals surface area (Å²) >= 11 is 0. The number of ether oxygens (including phenoxy) is 3. The molecule has 7 nitrogen and oxygen atoms in total. The molecule has 2 amide bonds. The van der Waals surface area contributed by atoms with Gasteiger partial charge in [-0.2, -0.15) is 0 Å². The molecule has 0 aliphatic carbocycles. The zero-order valence-electron chi connectivity index (χ0n) is 19.6. The summed E-state index contributed by atoms with van der Waals surface area (Å²) in [6.45, 7) is 6.49. The average molecular weight is 443 g/mol. The van der Waals surface area contributed by atoms with Gasteiger partial charge in [0, 0.05) is 31.3 Å². The summed E-state index contributed by atoms with van der Waals surface area (Å²) in [4.78, 5) is 27.4. The highest BCUT2D eigenvalue weighted by atomic mass is 16.5. The van der Waals surface area contributed by atoms with Crippen molar-refractivity contribution >= 4 is 11.8 Å². The first-order valence-electron chi connectivity index (χ1n) is 10.9. The minimum Gasteiger partial charge on any atom is -0.496 e. The van der Waals surface area contributed by atoms with E-state index in [-0.39, 0.29) is 18.4 Å². The molecule has 0 saturated heterocycles. The Kier molecular flexibility index (Phi) is 9.85. The van der Waals surface area contributed by atoms with Crippen molar-refractivity contribution in [3.05, 3.63) is 53.6 Å². The average Bonchev–Trinajstić information content (AvgIpc) is 2.80. The van der Waals surface area contributed by atoms with Gasteiger partial charge >= 0.3 is 0 Å². The van der Waals surface area contributed by atoms with Gasteiger partial charge in [-0.15, -0.1) is 0 Å². The number of rotatable bonds is 12. The lowest BCUT2D eigenvalue weighted by atomic mass is 10.1. The summed E-state index contributed by atoms with van der Waals surface area (Å²) in [5.41, 5.74) is 2.05. The third-order valence-electron chi connectivity index (χ3n) is 5.12. The van der Waals surface area contributed by atoms with E-state index >= 15 is 0 Å². The second-order valence-corrected chi connectivity index (χ2v) is 7.67. The Morgan fingerprint density at radius 3 is 2.28 bits per heavy atom. The molecule has 0 aliphatic rings. The number of amides is 2. The molecule has 0 aromatic heterocycles. The van der Waals surface area contributed by atoms with Crippen LogP contribution in [0.5, 0.6) is 17.2 Å². The van der Waals surface area contributed by atoms with E-state index in [0.29, 0.717) is 30.3 Å². The second kappa shape index (κ2) is 12.6. The molecular weight excluding hydrogens is 408 g/mol. The van der Waals surface area contributed by atoms with E-state index in [4.69, 9.17) is 14.2 Å². The second-order valence-electron chi connectivity index (χ2n) is 7.67. The van der Waals surface area contributed by atoms with Crippen molar-refractivity contribution in [2.75, 3.05) is 27.4 Å². The van der Waals surface area contributed by atoms with Crippen LogP contribution in [0.15, 0.2) is 42.5 Å². The topological polar surface area (TPSA) is 77.1 Å². The molecule has 0 aliphatic heterocycles. The molecule has 1 atom stereocenters. The van der Waals surface area contributed by atoms with Gasteiger partial charge in [-0.25, -0.2) is 0 Å². The quantitative estimate of drug-likeness (QED) is 0.507. The molecule has 0 bridgehead atoms. The van der Waals surface area contributed by atoms with Gasteiger partial charge in [-0.1, -0.05) is 43.2 Å². The summed E-state index contributed by atoms with van der Waals surface area (Å²) in [6.07, 6.45) is 1.88. The first-order valence-corrected chi connectivity index (χ1v) is 10.9. The monoisotopic (exact) mass is 442 g/mol. The van der Waals surface area contributed by atoms with E-state index in [1.54, 1.807) is 44.2 Å². The molecule has 0 fully saturated rings. The first-order chi connectivity index (χ1) is 15.4. The predicted molar refractivity (Wildman–Crippen MR) is 124 cm³/mol. The predicted octanol–water partition coefficient (Wildman–Crippen LogP) is 3.72. The number of carbonyl (C=O) groups excluding carboxylic acids is 2. The molecule has 1 N–H and O–H groups in total. The lowest BCUT2D eigenvalue weighted by molar-refractivity contribution is -0.142. The van der Waals surface area contributed by atoms with Crippen LogP contribution in [-0.2, 0) is 16.1 Å². The molecule has 2 aromatic carbocycles. The normalized spacial score (nSPS) is 11.4. The summed E-state index contributed by atoms with van der Waals surface area (Å²) < 4.78 is 16.2. The Balaban J connectivity index is 2.16. The number of hydrogen-bond acceptors (Lipinski definition) is 5. The summed E-state index contributed by atoms with van der Waals surface area (Å²) in [6, 6.07) is 12.3. The van der Waals surface area contributed by atoms with E-state index in [2.05, 4.69) is 12.2 Å². The van der Waals surface area contributed by atoms with Crippen molar-refractivity contribution < 1.29 is 23.8 Å². The lowest BCUT2D eigenvalue weighted by Crippen LogP contribution is -2.49. The van der Waals surface area contributed by atoms with Gasteiger partial charge in [0.05, 0.1) is 14.2 Å². The van der Waals surface area contributed by atoms with Crippen LogP contribution in [0.1, 0.15) is 37.8 Å². The number of benzene rings is 2. The van der Waals surface area contributed by atoms with Crippen molar-refractivity contribution in [3.8, 4) is 17.2 Å². The fourth-order valence-corrected chi connectivity index (χ4v) is 3.22. The minimum atomic E-state index is -0.636. The number of nitrogens with one attached hydrogen (secondary N) is 1. The largest absolute Gasteiger partial charge is 0.496 e. The van der Waals surface area contributed by atoms with Gasteiger partial charge in [0.1, 0.15) is 23.3 Å². The van der Waals surface area contributed by atoms with Crippen LogP contribution in [0.4, 0.5) is 0 Å². The maximum absolute atomic E-state index is 13.1. The molecule has 0 heterocycles. The third kappa shape index (κ3) is 7.48. The van der Waals surface area contributed by atoms with E-state index in [1.165, 1.54) is 0 Å². The number of hydrogen-bond donors (Lipinski definition) is 1. The number of nitrogens with zero attached hydrogens (tertiary/aromatic N) is 1. The van der Waals surface area contributed by atoms with Crippen LogP contribution in [0.2, 0.25) is 0 Å². The zero-order chi connectivity index (χ0) is 23.5. The van der Waals surface area contributed by atoms with Crippen molar-refractivity contribution in [2.45, 2.75) is 46.2 Å². The molecule has 174 valence electrons. The van der Waals surface area contributed by atoms with E-state index < -0.39 is 6.04 Å². The molecule has 32 heavy (non-hydrogen) atoms. The van der Waals surface area contributed by atoms with Gasteiger partial charge < -0.3 is 24.4 Å². The number of carbonyl (C=O) groups is 2. The van der Waals surface area contributed by atoms with Gasteiger partial charge in [-0.3, -0.25) is 9.59 Å². The number of aryl methyl sites for hydroxylation is 1. The Bertz CT molecular complexity index is 877. The third-order valence-corrected chi connectivity index (χ3v) is 5.12. The molecule has 0 spiro atoms. The molecule has 7 heteroatoms. The number of methoxy groups -OCH3 is 2. The van der Waals surface area contributed by atoms with Gasteiger partial charge in [0.15, 0.2) is 6.61 Å². The van der Waals surface area contributed by atoms with Crippen LogP contribution < -0.4 is 19.5 Å². The Labute approximate surface area is 190 Å². The van der Waals surface area contributed by atoms with Crippen molar-refractivity contribution in [1.29, 1.82) is 0 Å². The van der Waals surface area contributed by atoms with E-state index in [0.717, 1.165) is 24.0 Å². The summed E-state index contributed by atoms with van der Waals surface area (Å²) in [5, 5.41) is 2.91. The lowest BCUT2D eigenvalue weighted by Gasteiger charge is -2.29. The van der Waals surface area contributed by atoms with Crippen LogP contribution in [0.3, 0.4) is 0 Å². The van der Waals surface area contributed by atoms with Gasteiger partial charge in [-0.05, 0) is 25.8 Å². The van der Waals surface area contributed by atoms with Crippen LogP contribution in [0, 0.1) is 6.92 Å². The highest BCUT2D eigenvalue weighted by Gasteiger charge is 2.26. The fraction of sp³-hybridized carbons (Fsp3) is 0.440.